The number of aromatic amines is 1. The lowest BCUT2D eigenvalue weighted by Crippen LogP contribution is -2.50. The predicted octanol–water partition coefficient (Wildman–Crippen LogP) is 1.27. The summed E-state index contributed by atoms with van der Waals surface area (Å²) in [5.41, 5.74) is -0.368. The molecule has 24 heavy (non-hydrogen) atoms. The summed E-state index contributed by atoms with van der Waals surface area (Å²) in [4.78, 5) is 26.5. The van der Waals surface area contributed by atoms with Gasteiger partial charge in [-0.2, -0.15) is 4.31 Å². The van der Waals surface area contributed by atoms with Crippen molar-refractivity contribution in [3.05, 3.63) is 39.2 Å². The van der Waals surface area contributed by atoms with Crippen LogP contribution in [0.4, 0.5) is 4.79 Å². The smallest absolute Gasteiger partial charge is 0.407 e. The van der Waals surface area contributed by atoms with Gasteiger partial charge in [-0.1, -0.05) is 15.9 Å². The van der Waals surface area contributed by atoms with E-state index >= 15 is 0 Å². The van der Waals surface area contributed by atoms with Crippen LogP contribution in [0.5, 0.6) is 0 Å². The second-order valence-corrected chi connectivity index (χ2v) is 8.17. The maximum Gasteiger partial charge on any atom is 0.407 e. The number of piperazine rings is 1. The van der Waals surface area contributed by atoms with E-state index in [2.05, 4.69) is 20.9 Å². The highest BCUT2D eigenvalue weighted by Crippen LogP contribution is 2.26. The fourth-order valence-corrected chi connectivity index (χ4v) is 4.62. The SMILES string of the molecule is O=C(O)N1CCN(S(=O)(=O)c2c[nH]c(=O)c3ccc(Br)cc23)CC1. The molecule has 0 saturated carbocycles. The fraction of sp³-hybridized carbons (Fsp3) is 0.286. The number of hydrogen-bond acceptors (Lipinski definition) is 4. The van der Waals surface area contributed by atoms with Crippen LogP contribution in [0.15, 0.2) is 38.6 Å². The second kappa shape index (κ2) is 6.19. The molecule has 2 N–H and O–H groups in total. The molecule has 0 radical (unpaired) electrons. The van der Waals surface area contributed by atoms with Gasteiger partial charge < -0.3 is 15.0 Å². The van der Waals surface area contributed by atoms with Crippen LogP contribution in [-0.4, -0.2) is 60.0 Å². The molecule has 0 aliphatic carbocycles. The number of H-pyrrole nitrogens is 1. The fourth-order valence-electron chi connectivity index (χ4n) is 2.68. The minimum Gasteiger partial charge on any atom is -0.465 e. The summed E-state index contributed by atoms with van der Waals surface area (Å²) < 4.78 is 27.7. The Morgan fingerprint density at radius 3 is 2.46 bits per heavy atom. The van der Waals surface area contributed by atoms with Crippen molar-refractivity contribution in [3.63, 3.8) is 0 Å². The van der Waals surface area contributed by atoms with Crippen molar-refractivity contribution >= 4 is 42.8 Å². The number of fused-ring (bicyclic) bond motifs is 1. The number of nitrogens with zero attached hydrogens (tertiary/aromatic N) is 2. The van der Waals surface area contributed by atoms with Gasteiger partial charge in [-0.25, -0.2) is 13.2 Å². The van der Waals surface area contributed by atoms with Crippen LogP contribution in [0.1, 0.15) is 0 Å². The Morgan fingerprint density at radius 2 is 1.83 bits per heavy atom. The van der Waals surface area contributed by atoms with Crippen molar-refractivity contribution in [2.75, 3.05) is 26.2 Å². The highest BCUT2D eigenvalue weighted by Gasteiger charge is 2.31. The summed E-state index contributed by atoms with van der Waals surface area (Å²) in [5.74, 6) is 0. The molecule has 128 valence electrons. The van der Waals surface area contributed by atoms with Crippen molar-refractivity contribution in [1.29, 1.82) is 0 Å². The molecule has 1 saturated heterocycles. The zero-order valence-corrected chi connectivity index (χ0v) is 14.8. The Hall–Kier alpha value is -1.91. The molecule has 0 atom stereocenters. The Balaban J connectivity index is 2.04. The quantitative estimate of drug-likeness (QED) is 0.766. The Bertz CT molecular complexity index is 964. The van der Waals surface area contributed by atoms with Gasteiger partial charge in [0.2, 0.25) is 10.0 Å². The van der Waals surface area contributed by atoms with E-state index in [9.17, 15) is 18.0 Å². The number of aromatic nitrogens is 1. The Kier molecular flexibility index (Phi) is 4.37. The van der Waals surface area contributed by atoms with Crippen LogP contribution in [0.3, 0.4) is 0 Å². The van der Waals surface area contributed by atoms with Gasteiger partial charge in [-0.05, 0) is 18.2 Å². The average Bonchev–Trinajstić information content (AvgIpc) is 2.54. The van der Waals surface area contributed by atoms with Gasteiger partial charge in [0.05, 0.1) is 0 Å². The van der Waals surface area contributed by atoms with Crippen molar-refractivity contribution in [2.24, 2.45) is 0 Å². The summed E-state index contributed by atoms with van der Waals surface area (Å²) in [6.07, 6.45) is 0.126. The molecule has 1 amide bonds. The number of sulfonamides is 1. The molecule has 2 heterocycles. The van der Waals surface area contributed by atoms with E-state index in [0.717, 1.165) is 0 Å². The van der Waals surface area contributed by atoms with Crippen molar-refractivity contribution in [3.8, 4) is 0 Å². The predicted molar refractivity (Wildman–Crippen MR) is 90.6 cm³/mol. The second-order valence-electron chi connectivity index (χ2n) is 5.35. The van der Waals surface area contributed by atoms with Crippen molar-refractivity contribution in [1.82, 2.24) is 14.2 Å². The maximum absolute atomic E-state index is 12.9. The zero-order valence-electron chi connectivity index (χ0n) is 12.4. The number of carboxylic acid groups (broad SMARTS) is 1. The first-order valence-electron chi connectivity index (χ1n) is 7.09. The van der Waals surface area contributed by atoms with E-state index in [-0.39, 0.29) is 42.0 Å². The van der Waals surface area contributed by atoms with Gasteiger partial charge >= 0.3 is 6.09 Å². The largest absolute Gasteiger partial charge is 0.465 e. The molecule has 8 nitrogen and oxygen atoms in total. The number of hydrogen-bond donors (Lipinski definition) is 2. The van der Waals surface area contributed by atoms with Gasteiger partial charge in [0.1, 0.15) is 4.90 Å². The Morgan fingerprint density at radius 1 is 1.17 bits per heavy atom. The van der Waals surface area contributed by atoms with Gasteiger partial charge in [0.25, 0.3) is 5.56 Å². The highest BCUT2D eigenvalue weighted by molar-refractivity contribution is 9.10. The number of amides is 1. The molecular formula is C14H14BrN3O5S. The topological polar surface area (TPSA) is 111 Å². The van der Waals surface area contributed by atoms with Gasteiger partial charge in [-0.3, -0.25) is 4.79 Å². The molecule has 3 rings (SSSR count). The molecule has 10 heteroatoms. The van der Waals surface area contributed by atoms with E-state index in [1.165, 1.54) is 15.4 Å². The third kappa shape index (κ3) is 2.92. The first kappa shape index (κ1) is 16.9. The van der Waals surface area contributed by atoms with Crippen LogP contribution in [0.25, 0.3) is 10.8 Å². The van der Waals surface area contributed by atoms with Gasteiger partial charge in [-0.15, -0.1) is 0 Å². The first-order valence-corrected chi connectivity index (χ1v) is 9.33. The summed E-state index contributed by atoms with van der Waals surface area (Å²) in [6, 6.07) is 4.81. The molecule has 1 fully saturated rings. The van der Waals surface area contributed by atoms with Crippen molar-refractivity contribution in [2.45, 2.75) is 4.90 Å². The molecular weight excluding hydrogens is 402 g/mol. The minimum atomic E-state index is -3.85. The van der Waals surface area contributed by atoms with Crippen molar-refractivity contribution < 1.29 is 18.3 Å². The number of nitrogens with one attached hydrogen (secondary N) is 1. The third-order valence-electron chi connectivity index (χ3n) is 3.95. The molecule has 2 aromatic rings. The molecule has 1 aliphatic rings. The lowest BCUT2D eigenvalue weighted by atomic mass is 10.2. The van der Waals surface area contributed by atoms with Gasteiger partial charge in [0, 0.05) is 47.6 Å². The third-order valence-corrected chi connectivity index (χ3v) is 6.38. The van der Waals surface area contributed by atoms with Crippen LogP contribution in [0, 0.1) is 0 Å². The summed E-state index contributed by atoms with van der Waals surface area (Å²) >= 11 is 3.29. The van der Waals surface area contributed by atoms with Crippen LogP contribution >= 0.6 is 15.9 Å². The highest BCUT2D eigenvalue weighted by atomic mass is 79.9. The average molecular weight is 416 g/mol. The minimum absolute atomic E-state index is 0.00201. The number of benzene rings is 1. The summed E-state index contributed by atoms with van der Waals surface area (Å²) in [6.45, 7) is 0.367. The lowest BCUT2D eigenvalue weighted by molar-refractivity contribution is 0.126. The van der Waals surface area contributed by atoms with E-state index < -0.39 is 16.1 Å². The van der Waals surface area contributed by atoms with Crippen LogP contribution < -0.4 is 5.56 Å². The van der Waals surface area contributed by atoms with Gasteiger partial charge in [0.15, 0.2) is 0 Å². The molecule has 0 unspecified atom stereocenters. The lowest BCUT2D eigenvalue weighted by Gasteiger charge is -2.32. The zero-order chi connectivity index (χ0) is 17.5. The first-order chi connectivity index (χ1) is 11.3. The van der Waals surface area contributed by atoms with E-state index in [0.29, 0.717) is 9.86 Å². The molecule has 0 spiro atoms. The van der Waals surface area contributed by atoms with Crippen LogP contribution in [0.2, 0.25) is 0 Å². The number of rotatable bonds is 2. The monoisotopic (exact) mass is 415 g/mol. The Labute approximate surface area is 145 Å². The standard InChI is InChI=1S/C14H14BrN3O5S/c15-9-1-2-10-11(7-9)12(8-16-13(10)19)24(22,23)18-5-3-17(4-6-18)14(20)21/h1-2,7-8H,3-6H2,(H,16,19)(H,20,21). The van der Waals surface area contributed by atoms with Crippen LogP contribution in [-0.2, 0) is 10.0 Å². The molecule has 0 bridgehead atoms. The number of carbonyl (C=O) groups is 1. The van der Waals surface area contributed by atoms with E-state index in [1.807, 2.05) is 0 Å². The molecule has 1 aromatic carbocycles. The van der Waals surface area contributed by atoms with E-state index in [1.54, 1.807) is 18.2 Å². The molecule has 1 aliphatic heterocycles. The normalized spacial score (nSPS) is 16.5. The number of halogens is 1. The molecule has 1 aromatic heterocycles. The maximum atomic E-state index is 12.9. The summed E-state index contributed by atoms with van der Waals surface area (Å²) in [7, 11) is -3.85. The van der Waals surface area contributed by atoms with E-state index in [4.69, 9.17) is 5.11 Å². The number of pyridine rings is 1. The summed E-state index contributed by atoms with van der Waals surface area (Å²) in [5, 5.41) is 9.57.